The summed E-state index contributed by atoms with van der Waals surface area (Å²) < 4.78 is 10.4. The Bertz CT molecular complexity index is 410. The SMILES string of the molecule is COc1cc(C)cc(C)c1C(=O)CC(C)OC. The van der Waals surface area contributed by atoms with Crippen LogP contribution >= 0.6 is 0 Å². The quantitative estimate of drug-likeness (QED) is 0.737. The number of hydrogen-bond acceptors (Lipinski definition) is 3. The largest absolute Gasteiger partial charge is 0.496 e. The molecule has 1 rings (SSSR count). The lowest BCUT2D eigenvalue weighted by molar-refractivity contribution is 0.0789. The molecule has 1 unspecified atom stereocenters. The lowest BCUT2D eigenvalue weighted by Crippen LogP contribution is -2.14. The van der Waals surface area contributed by atoms with E-state index in [4.69, 9.17) is 9.47 Å². The fourth-order valence-electron chi connectivity index (χ4n) is 1.89. The summed E-state index contributed by atoms with van der Waals surface area (Å²) in [5.74, 6) is 0.713. The average Bonchev–Trinajstić information content (AvgIpc) is 2.27. The number of hydrogen-bond donors (Lipinski definition) is 0. The van der Waals surface area contributed by atoms with E-state index in [1.54, 1.807) is 14.2 Å². The van der Waals surface area contributed by atoms with Gasteiger partial charge in [0.25, 0.3) is 0 Å². The Kier molecular flexibility index (Phi) is 4.70. The number of ether oxygens (including phenoxy) is 2. The van der Waals surface area contributed by atoms with Crippen molar-refractivity contribution in [2.24, 2.45) is 0 Å². The summed E-state index contributed by atoms with van der Waals surface area (Å²) >= 11 is 0. The summed E-state index contributed by atoms with van der Waals surface area (Å²) in [6.07, 6.45) is 0.296. The number of Topliss-reactive ketones (excluding diaryl/α,β-unsaturated/α-hetero) is 1. The first-order valence-corrected chi connectivity index (χ1v) is 5.70. The van der Waals surface area contributed by atoms with Crippen molar-refractivity contribution < 1.29 is 14.3 Å². The van der Waals surface area contributed by atoms with Gasteiger partial charge in [-0.05, 0) is 38.0 Å². The molecule has 1 aromatic rings. The summed E-state index contributed by atoms with van der Waals surface area (Å²) in [6.45, 7) is 5.80. The predicted molar refractivity (Wildman–Crippen MR) is 67.9 cm³/mol. The molecule has 94 valence electrons. The third-order valence-corrected chi connectivity index (χ3v) is 2.82. The molecule has 0 heterocycles. The van der Waals surface area contributed by atoms with Gasteiger partial charge in [-0.25, -0.2) is 0 Å². The highest BCUT2D eigenvalue weighted by Gasteiger charge is 2.18. The van der Waals surface area contributed by atoms with Gasteiger partial charge in [0.15, 0.2) is 5.78 Å². The van der Waals surface area contributed by atoms with Gasteiger partial charge in [0, 0.05) is 13.5 Å². The number of carbonyl (C=O) groups is 1. The van der Waals surface area contributed by atoms with Crippen molar-refractivity contribution in [2.45, 2.75) is 33.3 Å². The summed E-state index contributed by atoms with van der Waals surface area (Å²) in [4.78, 5) is 12.2. The van der Waals surface area contributed by atoms with E-state index in [9.17, 15) is 4.79 Å². The van der Waals surface area contributed by atoms with Crippen LogP contribution in [0.25, 0.3) is 0 Å². The maximum atomic E-state index is 12.2. The summed E-state index contributed by atoms with van der Waals surface area (Å²) in [7, 11) is 3.20. The molecule has 1 atom stereocenters. The zero-order chi connectivity index (χ0) is 13.0. The molecular formula is C14H20O3. The van der Waals surface area contributed by atoms with Crippen LogP contribution in [0.15, 0.2) is 12.1 Å². The van der Waals surface area contributed by atoms with Crippen LogP contribution in [0.5, 0.6) is 5.75 Å². The first-order chi connectivity index (χ1) is 7.99. The monoisotopic (exact) mass is 236 g/mol. The second-order valence-electron chi connectivity index (χ2n) is 4.33. The Labute approximate surface area is 103 Å². The van der Waals surface area contributed by atoms with Gasteiger partial charge in [-0.3, -0.25) is 4.79 Å². The lowest BCUT2D eigenvalue weighted by atomic mass is 9.98. The molecule has 0 aliphatic carbocycles. The second-order valence-corrected chi connectivity index (χ2v) is 4.33. The Balaban J connectivity index is 3.08. The minimum atomic E-state index is -0.0760. The number of aryl methyl sites for hydroxylation is 2. The highest BCUT2D eigenvalue weighted by molar-refractivity contribution is 6.00. The van der Waals surface area contributed by atoms with Gasteiger partial charge in [0.1, 0.15) is 5.75 Å². The molecule has 17 heavy (non-hydrogen) atoms. The summed E-state index contributed by atoms with van der Waals surface area (Å²) in [5, 5.41) is 0. The molecule has 0 aliphatic rings. The van der Waals surface area contributed by atoms with E-state index in [2.05, 4.69) is 0 Å². The maximum absolute atomic E-state index is 12.2. The minimum absolute atomic E-state index is 0.0636. The van der Waals surface area contributed by atoms with Gasteiger partial charge in [0.05, 0.1) is 18.8 Å². The van der Waals surface area contributed by atoms with E-state index in [0.29, 0.717) is 17.7 Å². The fraction of sp³-hybridized carbons (Fsp3) is 0.500. The van der Waals surface area contributed by atoms with Gasteiger partial charge in [-0.15, -0.1) is 0 Å². The van der Waals surface area contributed by atoms with Crippen LogP contribution in [-0.4, -0.2) is 26.1 Å². The van der Waals surface area contributed by atoms with Crippen molar-refractivity contribution >= 4 is 5.78 Å². The van der Waals surface area contributed by atoms with Crippen molar-refractivity contribution in [3.05, 3.63) is 28.8 Å². The third-order valence-electron chi connectivity index (χ3n) is 2.82. The molecule has 0 fully saturated rings. The highest BCUT2D eigenvalue weighted by atomic mass is 16.5. The van der Waals surface area contributed by atoms with Crippen molar-refractivity contribution in [3.8, 4) is 5.75 Å². The topological polar surface area (TPSA) is 35.5 Å². The Hall–Kier alpha value is -1.35. The van der Waals surface area contributed by atoms with E-state index in [-0.39, 0.29) is 11.9 Å². The van der Waals surface area contributed by atoms with Crippen LogP contribution < -0.4 is 4.74 Å². The Morgan fingerprint density at radius 2 is 1.94 bits per heavy atom. The smallest absolute Gasteiger partial charge is 0.169 e. The van der Waals surface area contributed by atoms with Crippen LogP contribution in [0.4, 0.5) is 0 Å². The van der Waals surface area contributed by atoms with Crippen LogP contribution in [0.2, 0.25) is 0 Å². The van der Waals surface area contributed by atoms with Crippen molar-refractivity contribution in [2.75, 3.05) is 14.2 Å². The number of methoxy groups -OCH3 is 2. The third kappa shape index (κ3) is 3.30. The first kappa shape index (κ1) is 13.7. The first-order valence-electron chi connectivity index (χ1n) is 5.70. The fourth-order valence-corrected chi connectivity index (χ4v) is 1.89. The molecule has 0 saturated heterocycles. The van der Waals surface area contributed by atoms with Gasteiger partial charge in [-0.2, -0.15) is 0 Å². The van der Waals surface area contributed by atoms with E-state index >= 15 is 0 Å². The summed E-state index contributed by atoms with van der Waals surface area (Å²) in [6, 6.07) is 3.88. The molecule has 0 amide bonds. The number of carbonyl (C=O) groups excluding carboxylic acids is 1. The number of ketones is 1. The molecule has 0 aromatic heterocycles. The van der Waals surface area contributed by atoms with Gasteiger partial charge in [-0.1, -0.05) is 6.07 Å². The Morgan fingerprint density at radius 3 is 2.47 bits per heavy atom. The number of benzene rings is 1. The standard InChI is InChI=1S/C14H20O3/c1-9-6-10(2)14(13(7-9)17-5)12(15)8-11(3)16-4/h6-7,11H,8H2,1-5H3. The second kappa shape index (κ2) is 5.82. The molecule has 1 aromatic carbocycles. The molecule has 0 spiro atoms. The molecular weight excluding hydrogens is 216 g/mol. The van der Waals surface area contributed by atoms with Crippen LogP contribution in [0.3, 0.4) is 0 Å². The van der Waals surface area contributed by atoms with Gasteiger partial charge >= 0.3 is 0 Å². The predicted octanol–water partition coefficient (Wildman–Crippen LogP) is 2.92. The molecule has 0 bridgehead atoms. The zero-order valence-corrected chi connectivity index (χ0v) is 11.2. The normalized spacial score (nSPS) is 12.3. The molecule has 0 saturated carbocycles. The summed E-state index contributed by atoms with van der Waals surface area (Å²) in [5.41, 5.74) is 2.72. The lowest BCUT2D eigenvalue weighted by Gasteiger charge is -2.14. The Morgan fingerprint density at radius 1 is 1.29 bits per heavy atom. The molecule has 0 radical (unpaired) electrons. The van der Waals surface area contributed by atoms with Gasteiger partial charge in [0.2, 0.25) is 0 Å². The zero-order valence-electron chi connectivity index (χ0n) is 11.2. The van der Waals surface area contributed by atoms with Crippen LogP contribution in [0, 0.1) is 13.8 Å². The van der Waals surface area contributed by atoms with E-state index in [1.165, 1.54) is 0 Å². The van der Waals surface area contributed by atoms with E-state index in [1.807, 2.05) is 32.9 Å². The molecule has 0 aliphatic heterocycles. The van der Waals surface area contributed by atoms with E-state index < -0.39 is 0 Å². The maximum Gasteiger partial charge on any atom is 0.169 e. The van der Waals surface area contributed by atoms with Crippen molar-refractivity contribution in [1.82, 2.24) is 0 Å². The highest BCUT2D eigenvalue weighted by Crippen LogP contribution is 2.26. The molecule has 0 N–H and O–H groups in total. The van der Waals surface area contributed by atoms with Crippen LogP contribution in [0.1, 0.15) is 34.8 Å². The van der Waals surface area contributed by atoms with Crippen molar-refractivity contribution in [1.29, 1.82) is 0 Å². The molecule has 3 nitrogen and oxygen atoms in total. The van der Waals surface area contributed by atoms with Gasteiger partial charge < -0.3 is 9.47 Å². The number of rotatable bonds is 5. The molecule has 3 heteroatoms. The van der Waals surface area contributed by atoms with E-state index in [0.717, 1.165) is 11.1 Å². The average molecular weight is 236 g/mol. The van der Waals surface area contributed by atoms with Crippen LogP contribution in [-0.2, 0) is 4.74 Å². The van der Waals surface area contributed by atoms with Crippen molar-refractivity contribution in [3.63, 3.8) is 0 Å². The minimum Gasteiger partial charge on any atom is -0.496 e.